The van der Waals surface area contributed by atoms with Gasteiger partial charge in [0.1, 0.15) is 5.82 Å². The second kappa shape index (κ2) is 9.93. The third-order valence-corrected chi connectivity index (χ3v) is 8.12. The van der Waals surface area contributed by atoms with Gasteiger partial charge >= 0.3 is 12.4 Å². The third kappa shape index (κ3) is 5.12. The number of anilines is 1. The van der Waals surface area contributed by atoms with E-state index in [0.29, 0.717) is 12.1 Å². The Balaban J connectivity index is 1.83. The first kappa shape index (κ1) is 28.5. The molecule has 1 atom stereocenters. The zero-order valence-corrected chi connectivity index (χ0v) is 20.6. The van der Waals surface area contributed by atoms with Gasteiger partial charge in [-0.25, -0.2) is 12.8 Å². The Bertz CT molecular complexity index is 1450. The van der Waals surface area contributed by atoms with E-state index in [1.165, 1.54) is 6.08 Å². The molecule has 1 N–H and O–H groups in total. The molecular formula is C24H20F7N3O4S. The van der Waals surface area contributed by atoms with Gasteiger partial charge in [0, 0.05) is 18.4 Å². The predicted octanol–water partition coefficient (Wildman–Crippen LogP) is 5.00. The number of aromatic nitrogens is 2. The lowest BCUT2D eigenvalue weighted by Crippen LogP contribution is -2.54. The Kier molecular flexibility index (Phi) is 7.27. The Morgan fingerprint density at radius 1 is 1.03 bits per heavy atom. The van der Waals surface area contributed by atoms with Crippen LogP contribution in [0, 0.1) is 5.82 Å². The molecule has 2 aromatic carbocycles. The number of allylic oxidation sites excluding steroid dienone is 1. The van der Waals surface area contributed by atoms with Gasteiger partial charge in [-0.1, -0.05) is 18.2 Å². The number of aliphatic hydroxyl groups is 1. The summed E-state index contributed by atoms with van der Waals surface area (Å²) >= 11 is 0. The third-order valence-electron chi connectivity index (χ3n) is 6.24. The summed E-state index contributed by atoms with van der Waals surface area (Å²) in [5, 5.41) is 17.5. The molecule has 0 fully saturated rings. The first-order valence-electron chi connectivity index (χ1n) is 11.3. The van der Waals surface area contributed by atoms with Crippen molar-refractivity contribution in [3.8, 4) is 0 Å². The molecule has 3 aromatic rings. The van der Waals surface area contributed by atoms with Crippen LogP contribution in [0.3, 0.4) is 0 Å². The molecule has 0 amide bonds. The number of aryl methyl sites for hydroxylation is 1. The molecule has 0 saturated heterocycles. The van der Waals surface area contributed by atoms with E-state index < -0.39 is 45.4 Å². The number of nitrogens with zero attached hydrogens (tertiary/aromatic N) is 3. The number of hydrogen-bond acceptors (Lipinski definition) is 6. The van der Waals surface area contributed by atoms with Crippen molar-refractivity contribution in [3.63, 3.8) is 0 Å². The average Bonchev–Trinajstić information content (AvgIpc) is 3.28. The first-order chi connectivity index (χ1) is 18.1. The van der Waals surface area contributed by atoms with Crippen molar-refractivity contribution < 1.29 is 48.7 Å². The molecular weight excluding hydrogens is 559 g/mol. The van der Waals surface area contributed by atoms with Gasteiger partial charge in [0.15, 0.2) is 0 Å². The lowest BCUT2D eigenvalue weighted by molar-refractivity contribution is -0.376. The minimum Gasteiger partial charge on any atom is -0.425 e. The van der Waals surface area contributed by atoms with E-state index >= 15 is 0 Å². The topological polar surface area (TPSA) is 96.5 Å². The van der Waals surface area contributed by atoms with Crippen molar-refractivity contribution in [1.29, 1.82) is 0 Å². The van der Waals surface area contributed by atoms with Gasteiger partial charge in [-0.3, -0.25) is 4.31 Å². The zero-order valence-electron chi connectivity index (χ0n) is 19.8. The van der Waals surface area contributed by atoms with Crippen LogP contribution >= 0.6 is 0 Å². The lowest BCUT2D eigenvalue weighted by Gasteiger charge is -2.39. The van der Waals surface area contributed by atoms with E-state index in [1.807, 2.05) is 0 Å². The predicted molar refractivity (Wildman–Crippen MR) is 123 cm³/mol. The Morgan fingerprint density at radius 3 is 2.23 bits per heavy atom. The minimum absolute atomic E-state index is 0.0414. The van der Waals surface area contributed by atoms with E-state index in [0.717, 1.165) is 34.6 Å². The van der Waals surface area contributed by atoms with Gasteiger partial charge in [-0.15, -0.1) is 16.8 Å². The van der Waals surface area contributed by atoms with Crippen LogP contribution in [0.1, 0.15) is 29.3 Å². The fourth-order valence-electron chi connectivity index (χ4n) is 4.36. The van der Waals surface area contributed by atoms with E-state index in [-0.39, 0.29) is 53.6 Å². The van der Waals surface area contributed by atoms with Crippen molar-refractivity contribution in [1.82, 2.24) is 10.2 Å². The lowest BCUT2D eigenvalue weighted by atomic mass is 9.87. The second-order valence-electron chi connectivity index (χ2n) is 8.78. The Labute approximate surface area is 217 Å². The summed E-state index contributed by atoms with van der Waals surface area (Å²) in [6.45, 7) is 3.54. The molecule has 210 valence electrons. The molecule has 0 bridgehead atoms. The fraction of sp³-hybridized carbons (Fsp3) is 0.333. The molecule has 39 heavy (non-hydrogen) atoms. The van der Waals surface area contributed by atoms with E-state index in [4.69, 9.17) is 4.42 Å². The van der Waals surface area contributed by atoms with Crippen LogP contribution in [-0.2, 0) is 34.9 Å². The maximum absolute atomic E-state index is 13.7. The van der Waals surface area contributed by atoms with Crippen LogP contribution in [0.5, 0.6) is 0 Å². The number of halogens is 7. The minimum atomic E-state index is -6.11. The number of fused-ring (bicyclic) bond motifs is 1. The summed E-state index contributed by atoms with van der Waals surface area (Å²) in [6.07, 6.45) is -10.8. The Hall–Kier alpha value is -3.46. The number of alkyl halides is 6. The van der Waals surface area contributed by atoms with Gasteiger partial charge in [-0.05, 0) is 48.7 Å². The molecule has 15 heteroatoms. The van der Waals surface area contributed by atoms with Crippen LogP contribution in [0.2, 0.25) is 0 Å². The van der Waals surface area contributed by atoms with Gasteiger partial charge in [0.2, 0.25) is 11.8 Å². The molecule has 1 aliphatic heterocycles. The monoisotopic (exact) mass is 579 g/mol. The van der Waals surface area contributed by atoms with Crippen LogP contribution in [0.25, 0.3) is 0 Å². The highest BCUT2D eigenvalue weighted by molar-refractivity contribution is 7.92. The number of benzene rings is 2. The van der Waals surface area contributed by atoms with E-state index in [1.54, 1.807) is 0 Å². The summed E-state index contributed by atoms with van der Waals surface area (Å²) in [5.74, 6) is -0.486. The smallest absolute Gasteiger partial charge is 0.425 e. The molecule has 7 nitrogen and oxygen atoms in total. The number of hydrogen-bond donors (Lipinski definition) is 1. The first-order valence-corrected chi connectivity index (χ1v) is 12.7. The summed E-state index contributed by atoms with van der Waals surface area (Å²) in [4.78, 5) is -0.370. The van der Waals surface area contributed by atoms with Crippen LogP contribution in [0.4, 0.5) is 36.4 Å². The highest BCUT2D eigenvalue weighted by Crippen LogP contribution is 2.51. The number of sulfonamides is 1. The molecule has 4 rings (SSSR count). The molecule has 0 radical (unpaired) electrons. The average molecular weight is 579 g/mol. The van der Waals surface area contributed by atoms with Gasteiger partial charge < -0.3 is 9.52 Å². The van der Waals surface area contributed by atoms with Crippen molar-refractivity contribution in [2.75, 3.05) is 4.31 Å². The van der Waals surface area contributed by atoms with Crippen molar-refractivity contribution >= 4 is 15.7 Å². The molecule has 1 aromatic heterocycles. The fourth-order valence-corrected chi connectivity index (χ4v) is 6.08. The standard InChI is InChI=1S/C24H20F7N3O4S/c1-2-3-20-32-33-21(38-20)13-17-8-4-14-12-15(22(35,23(26,27)28)24(29,30)31)5-11-19(14)34(17)39(36,37)18-9-6-16(25)7-10-18/h2,5-7,9-12,17,35H,1,3-4,8,13H2. The second-order valence-corrected chi connectivity index (χ2v) is 10.6. The molecule has 0 aliphatic carbocycles. The van der Waals surface area contributed by atoms with Crippen LogP contribution < -0.4 is 4.31 Å². The highest BCUT2D eigenvalue weighted by Gasteiger charge is 2.71. The van der Waals surface area contributed by atoms with Gasteiger partial charge in [0.25, 0.3) is 15.6 Å². The summed E-state index contributed by atoms with van der Waals surface area (Å²) in [6, 6.07) is 4.44. The maximum Gasteiger partial charge on any atom is 0.430 e. The highest BCUT2D eigenvalue weighted by atomic mass is 32.2. The van der Waals surface area contributed by atoms with Crippen molar-refractivity contribution in [3.05, 3.63) is 83.8 Å². The van der Waals surface area contributed by atoms with Gasteiger partial charge in [-0.2, -0.15) is 26.3 Å². The normalized spacial score (nSPS) is 16.7. The molecule has 2 heterocycles. The quantitative estimate of drug-likeness (QED) is 0.313. The maximum atomic E-state index is 13.7. The molecule has 0 spiro atoms. The van der Waals surface area contributed by atoms with Crippen LogP contribution in [-0.4, -0.2) is 42.1 Å². The summed E-state index contributed by atoms with van der Waals surface area (Å²) in [7, 11) is -4.52. The Morgan fingerprint density at radius 2 is 1.64 bits per heavy atom. The SMILES string of the molecule is C=CCc1nnc(CC2CCc3cc(C(O)(C(F)(F)F)C(F)(F)F)ccc3N2S(=O)(=O)c2ccc(F)cc2)o1. The largest absolute Gasteiger partial charge is 0.430 e. The molecule has 0 saturated carbocycles. The zero-order chi connectivity index (χ0) is 28.8. The summed E-state index contributed by atoms with van der Waals surface area (Å²) < 4.78 is 128. The van der Waals surface area contributed by atoms with E-state index in [9.17, 15) is 44.3 Å². The van der Waals surface area contributed by atoms with Crippen molar-refractivity contribution in [2.45, 2.75) is 54.6 Å². The van der Waals surface area contributed by atoms with E-state index in [2.05, 4.69) is 16.8 Å². The molecule has 1 aliphatic rings. The van der Waals surface area contributed by atoms with Crippen molar-refractivity contribution in [2.24, 2.45) is 0 Å². The summed E-state index contributed by atoms with van der Waals surface area (Å²) in [5.41, 5.74) is -7.08. The number of rotatable bonds is 7. The van der Waals surface area contributed by atoms with Crippen LogP contribution in [0.15, 0.2) is 64.4 Å². The van der Waals surface area contributed by atoms with Gasteiger partial charge in [0.05, 0.1) is 16.6 Å². The molecule has 1 unspecified atom stereocenters.